The molecule has 21 heavy (non-hydrogen) atoms. The quantitative estimate of drug-likeness (QED) is 0.517. The fraction of sp³-hybridized carbons (Fsp3) is 0.417. The summed E-state index contributed by atoms with van der Waals surface area (Å²) in [4.78, 5) is 11.4. The molecule has 0 spiro atoms. The number of ether oxygens (including phenoxy) is 1. The molecule has 1 aromatic carbocycles. The third kappa shape index (κ3) is 4.62. The van der Waals surface area contributed by atoms with Crippen LogP contribution in [0.2, 0.25) is 0 Å². The highest BCUT2D eigenvalue weighted by Crippen LogP contribution is 2.38. The average Bonchev–Trinajstić information content (AvgIpc) is 2.24. The maximum absolute atomic E-state index is 12.6. The Labute approximate surface area is 115 Å². The van der Waals surface area contributed by atoms with Gasteiger partial charge in [0.15, 0.2) is 0 Å². The van der Waals surface area contributed by atoms with Crippen LogP contribution in [0.4, 0.5) is 26.3 Å². The zero-order valence-electron chi connectivity index (χ0n) is 10.9. The molecule has 0 bridgehead atoms. The van der Waals surface area contributed by atoms with Gasteiger partial charge < -0.3 is 10.5 Å². The molecule has 0 saturated heterocycles. The molecule has 0 heterocycles. The van der Waals surface area contributed by atoms with Gasteiger partial charge in [-0.3, -0.25) is 0 Å². The van der Waals surface area contributed by atoms with Gasteiger partial charge in [-0.1, -0.05) is 0 Å². The molecule has 0 aromatic heterocycles. The molecule has 0 aliphatic heterocycles. The van der Waals surface area contributed by atoms with Gasteiger partial charge in [-0.15, -0.1) is 0 Å². The molecule has 0 aliphatic carbocycles. The summed E-state index contributed by atoms with van der Waals surface area (Å²) in [7, 11) is 0. The van der Waals surface area contributed by atoms with Crippen molar-refractivity contribution in [2.24, 2.45) is 5.73 Å². The van der Waals surface area contributed by atoms with Gasteiger partial charge in [-0.25, -0.2) is 4.79 Å². The van der Waals surface area contributed by atoms with Crippen LogP contribution < -0.4 is 10.5 Å². The number of carbonyl (C=O) groups is 1. The van der Waals surface area contributed by atoms with Gasteiger partial charge in [-0.05, 0) is 32.0 Å². The van der Waals surface area contributed by atoms with Crippen molar-refractivity contribution in [2.45, 2.75) is 31.7 Å². The number of hydrogen-bond donors (Lipinski definition) is 1. The van der Waals surface area contributed by atoms with Crippen LogP contribution >= 0.6 is 0 Å². The van der Waals surface area contributed by atoms with Crippen LogP contribution in [0, 0.1) is 0 Å². The lowest BCUT2D eigenvalue weighted by molar-refractivity contribution is -0.145. The molecule has 118 valence electrons. The Morgan fingerprint density at radius 1 is 0.952 bits per heavy atom. The molecular weight excluding hydrogens is 304 g/mol. The molecule has 1 aromatic rings. The number of carbonyl (C=O) groups excluding carboxylic acids is 1. The molecule has 9 heteroatoms. The fourth-order valence-electron chi connectivity index (χ4n) is 1.22. The molecule has 0 saturated carbocycles. The first kappa shape index (κ1) is 17.3. The van der Waals surface area contributed by atoms with Gasteiger partial charge in [0.1, 0.15) is 11.3 Å². The minimum atomic E-state index is -5.01. The van der Waals surface area contributed by atoms with Crippen molar-refractivity contribution < 1.29 is 35.9 Å². The lowest BCUT2D eigenvalue weighted by Gasteiger charge is -2.18. The summed E-state index contributed by atoms with van der Waals surface area (Å²) in [5, 5.41) is 0. The summed E-state index contributed by atoms with van der Waals surface area (Å²) in [6.07, 6.45) is -10.0. The van der Waals surface area contributed by atoms with E-state index in [2.05, 4.69) is 4.74 Å². The molecule has 2 N–H and O–H groups in total. The van der Waals surface area contributed by atoms with E-state index < -0.39 is 40.7 Å². The lowest BCUT2D eigenvalue weighted by atomic mass is 10.1. The molecule has 0 fully saturated rings. The van der Waals surface area contributed by atoms with Crippen LogP contribution in [0.5, 0.6) is 5.75 Å². The van der Waals surface area contributed by atoms with Crippen LogP contribution in [0.25, 0.3) is 0 Å². The highest BCUT2D eigenvalue weighted by atomic mass is 19.4. The summed E-state index contributed by atoms with van der Waals surface area (Å²) < 4.78 is 79.9. The minimum absolute atomic E-state index is 0.0646. The van der Waals surface area contributed by atoms with E-state index in [1.807, 2.05) is 0 Å². The Balaban J connectivity index is 3.30. The predicted octanol–water partition coefficient (Wildman–Crippen LogP) is 3.37. The average molecular weight is 315 g/mol. The van der Waals surface area contributed by atoms with E-state index in [-0.39, 0.29) is 6.07 Å². The Morgan fingerprint density at radius 3 is 1.62 bits per heavy atom. The molecule has 0 unspecified atom stereocenters. The van der Waals surface area contributed by atoms with Gasteiger partial charge in [0, 0.05) is 0 Å². The Bertz CT molecular complexity index is 510. The molecule has 0 atom stereocenters. The summed E-state index contributed by atoms with van der Waals surface area (Å²) in [5.41, 5.74) is 0.644. The minimum Gasteiger partial charge on any atom is -0.425 e. The predicted molar refractivity (Wildman–Crippen MR) is 60.3 cm³/mol. The number of alkyl halides is 6. The van der Waals surface area contributed by atoms with Crippen LogP contribution in [-0.2, 0) is 17.1 Å². The van der Waals surface area contributed by atoms with E-state index >= 15 is 0 Å². The van der Waals surface area contributed by atoms with Crippen molar-refractivity contribution in [1.82, 2.24) is 0 Å². The molecule has 3 nitrogen and oxygen atoms in total. The second kappa shape index (κ2) is 5.21. The van der Waals surface area contributed by atoms with Crippen LogP contribution in [-0.4, -0.2) is 11.5 Å². The van der Waals surface area contributed by atoms with Crippen molar-refractivity contribution in [3.8, 4) is 5.75 Å². The second-order valence-electron chi connectivity index (χ2n) is 4.85. The van der Waals surface area contributed by atoms with E-state index in [0.717, 1.165) is 0 Å². The van der Waals surface area contributed by atoms with E-state index in [0.29, 0.717) is 12.1 Å². The highest BCUT2D eigenvalue weighted by Gasteiger charge is 2.37. The maximum Gasteiger partial charge on any atom is 0.416 e. The van der Waals surface area contributed by atoms with E-state index in [9.17, 15) is 31.1 Å². The van der Waals surface area contributed by atoms with Crippen molar-refractivity contribution in [3.63, 3.8) is 0 Å². The molecule has 0 radical (unpaired) electrons. The molecular formula is C12H11F6NO2. The number of benzene rings is 1. The van der Waals surface area contributed by atoms with Crippen molar-refractivity contribution >= 4 is 5.97 Å². The number of nitrogens with two attached hydrogens (primary N) is 1. The maximum atomic E-state index is 12.6. The molecule has 1 rings (SSSR count). The largest absolute Gasteiger partial charge is 0.425 e. The number of esters is 1. The van der Waals surface area contributed by atoms with Crippen molar-refractivity contribution in [2.75, 3.05) is 0 Å². The zero-order chi connectivity index (χ0) is 16.6. The number of hydrogen-bond acceptors (Lipinski definition) is 3. The van der Waals surface area contributed by atoms with Gasteiger partial charge in [0.05, 0.1) is 11.1 Å². The second-order valence-corrected chi connectivity index (χ2v) is 4.85. The third-order valence-electron chi connectivity index (χ3n) is 2.30. The normalized spacial score (nSPS) is 13.2. The Kier molecular flexibility index (Phi) is 4.29. The smallest absolute Gasteiger partial charge is 0.416 e. The summed E-state index contributed by atoms with van der Waals surface area (Å²) in [5.74, 6) is -2.03. The van der Waals surface area contributed by atoms with Gasteiger partial charge in [0.25, 0.3) is 0 Å². The number of halogens is 6. The SMILES string of the molecule is CC(C)(N)C(=O)Oc1cc(C(F)(F)F)cc(C(F)(F)F)c1. The van der Waals surface area contributed by atoms with E-state index in [4.69, 9.17) is 5.73 Å². The van der Waals surface area contributed by atoms with Crippen LogP contribution in [0.15, 0.2) is 18.2 Å². The van der Waals surface area contributed by atoms with E-state index in [1.54, 1.807) is 0 Å². The first-order valence-corrected chi connectivity index (χ1v) is 5.52. The molecule has 0 aliphatic rings. The standard InChI is InChI=1S/C12H11F6NO2/c1-10(2,19)9(20)21-8-4-6(11(13,14)15)3-7(5-8)12(16,17)18/h3-5H,19H2,1-2H3. The van der Waals surface area contributed by atoms with Crippen LogP contribution in [0.1, 0.15) is 25.0 Å². The van der Waals surface area contributed by atoms with Crippen LogP contribution in [0.3, 0.4) is 0 Å². The number of rotatable bonds is 2. The first-order chi connectivity index (χ1) is 9.21. The summed E-state index contributed by atoms with van der Waals surface area (Å²) in [6, 6.07) is 0.544. The fourth-order valence-corrected chi connectivity index (χ4v) is 1.22. The Hall–Kier alpha value is -1.77. The van der Waals surface area contributed by atoms with Crippen molar-refractivity contribution in [3.05, 3.63) is 29.3 Å². The Morgan fingerprint density at radius 2 is 1.33 bits per heavy atom. The van der Waals surface area contributed by atoms with Crippen molar-refractivity contribution in [1.29, 1.82) is 0 Å². The lowest BCUT2D eigenvalue weighted by Crippen LogP contribution is -2.44. The molecule has 0 amide bonds. The third-order valence-corrected chi connectivity index (χ3v) is 2.30. The topological polar surface area (TPSA) is 52.3 Å². The zero-order valence-corrected chi connectivity index (χ0v) is 10.9. The van der Waals surface area contributed by atoms with Gasteiger partial charge in [-0.2, -0.15) is 26.3 Å². The summed E-state index contributed by atoms with van der Waals surface area (Å²) >= 11 is 0. The van der Waals surface area contributed by atoms with E-state index in [1.165, 1.54) is 13.8 Å². The van der Waals surface area contributed by atoms with Gasteiger partial charge >= 0.3 is 18.3 Å². The highest BCUT2D eigenvalue weighted by molar-refractivity contribution is 5.81. The van der Waals surface area contributed by atoms with Gasteiger partial charge in [0.2, 0.25) is 0 Å². The summed E-state index contributed by atoms with van der Waals surface area (Å²) in [6.45, 7) is 2.40. The first-order valence-electron chi connectivity index (χ1n) is 5.52. The monoisotopic (exact) mass is 315 g/mol.